The van der Waals surface area contributed by atoms with Gasteiger partial charge in [0.2, 0.25) is 5.88 Å². The largest absolute Gasteiger partial charge is 0.481 e. The number of piperidine rings is 2. The number of rotatable bonds is 8. The maximum atomic E-state index is 13.9. The number of hydrogen-bond donors (Lipinski definition) is 1. The molecule has 9 rings (SSSR count). The minimum Gasteiger partial charge on any atom is -0.481 e. The molecule has 0 aromatic carbocycles. The number of β-amino-alcohol motifs (C(OH)–C–C–N with tert-alkyl or cyclic N) is 1. The van der Waals surface area contributed by atoms with E-state index >= 15 is 0 Å². The number of piperazine rings is 1. The number of nitriles is 1. The molecule has 4 saturated heterocycles. The maximum Gasteiger partial charge on any atom is 0.217 e. The molecular formula is C31H31FN8O3. The molecule has 4 aliphatic heterocycles. The first-order chi connectivity index (χ1) is 20.9. The summed E-state index contributed by atoms with van der Waals surface area (Å²) in [6.45, 7) is 4.10. The van der Waals surface area contributed by atoms with Gasteiger partial charge in [0.25, 0.3) is 0 Å². The number of likely N-dealkylation sites (tertiary alicyclic amines) is 1. The quantitative estimate of drug-likeness (QED) is 0.333. The molecule has 4 aromatic heterocycles. The van der Waals surface area contributed by atoms with Crippen molar-refractivity contribution in [2.75, 3.05) is 44.9 Å². The molecule has 4 atom stereocenters. The second kappa shape index (κ2) is 9.87. The van der Waals surface area contributed by atoms with Crippen molar-refractivity contribution in [2.24, 2.45) is 5.92 Å². The normalized spacial score (nSPS) is 26.2. The maximum absolute atomic E-state index is 13.9. The molecule has 5 aliphatic rings. The van der Waals surface area contributed by atoms with Crippen molar-refractivity contribution in [2.45, 2.75) is 37.1 Å². The zero-order chi connectivity index (χ0) is 29.3. The first-order valence-corrected chi connectivity index (χ1v) is 14.6. The van der Waals surface area contributed by atoms with Gasteiger partial charge in [-0.15, -0.1) is 0 Å². The molecule has 0 radical (unpaired) electrons. The summed E-state index contributed by atoms with van der Waals surface area (Å²) in [6, 6.07) is 10.4. The van der Waals surface area contributed by atoms with Crippen molar-refractivity contribution < 1.29 is 19.0 Å². The number of fused-ring (bicyclic) bond motifs is 4. The van der Waals surface area contributed by atoms with Crippen molar-refractivity contribution in [3.05, 3.63) is 66.0 Å². The van der Waals surface area contributed by atoms with Crippen LogP contribution in [0.1, 0.15) is 24.0 Å². The molecule has 1 N–H and O–H groups in total. The predicted molar refractivity (Wildman–Crippen MR) is 154 cm³/mol. The number of aliphatic hydroxyl groups is 1. The fourth-order valence-electron chi connectivity index (χ4n) is 7.13. The Morgan fingerprint density at radius 2 is 2.00 bits per heavy atom. The Kier molecular flexibility index (Phi) is 6.04. The molecule has 5 fully saturated rings. The number of anilines is 1. The van der Waals surface area contributed by atoms with Crippen LogP contribution >= 0.6 is 0 Å². The van der Waals surface area contributed by atoms with Crippen LogP contribution in [0.25, 0.3) is 16.6 Å². The third-order valence-electron chi connectivity index (χ3n) is 9.46. The fourth-order valence-corrected chi connectivity index (χ4v) is 7.13. The molecule has 1 saturated carbocycles. The number of aromatic nitrogens is 4. The van der Waals surface area contributed by atoms with E-state index < -0.39 is 5.60 Å². The zero-order valence-electron chi connectivity index (χ0n) is 23.7. The molecule has 2 bridgehead atoms. The van der Waals surface area contributed by atoms with Crippen molar-refractivity contribution >= 4 is 11.3 Å². The van der Waals surface area contributed by atoms with Crippen LogP contribution in [0.2, 0.25) is 0 Å². The number of pyridine rings is 3. The van der Waals surface area contributed by atoms with E-state index in [0.717, 1.165) is 55.0 Å². The van der Waals surface area contributed by atoms with Crippen LogP contribution < -0.4 is 14.4 Å². The zero-order valence-corrected chi connectivity index (χ0v) is 23.7. The SMILES string of the molecule is COc1ncc(F)cc1CN1C2CC1CN(c1ccc(-c3cc(OCN4CC5CC5(O)C4)cn4ncc(C#N)c34)cn1)C2. The Balaban J connectivity index is 0.989. The van der Waals surface area contributed by atoms with Crippen LogP contribution in [-0.4, -0.2) is 92.2 Å². The topological polar surface area (TPSA) is 115 Å². The van der Waals surface area contributed by atoms with E-state index in [1.165, 1.54) is 12.3 Å². The van der Waals surface area contributed by atoms with E-state index in [4.69, 9.17) is 14.5 Å². The van der Waals surface area contributed by atoms with Gasteiger partial charge in [0.1, 0.15) is 30.2 Å². The molecule has 0 spiro atoms. The highest BCUT2D eigenvalue weighted by Gasteiger charge is 2.59. The lowest BCUT2D eigenvalue weighted by atomic mass is 9.87. The Bertz CT molecular complexity index is 1740. The van der Waals surface area contributed by atoms with E-state index in [1.54, 1.807) is 24.0 Å². The lowest BCUT2D eigenvalue weighted by molar-refractivity contribution is -0.00936. The van der Waals surface area contributed by atoms with Crippen LogP contribution in [0, 0.1) is 23.1 Å². The van der Waals surface area contributed by atoms with E-state index in [-0.39, 0.29) is 5.82 Å². The molecule has 1 aliphatic carbocycles. The van der Waals surface area contributed by atoms with Gasteiger partial charge in [-0.1, -0.05) is 0 Å². The van der Waals surface area contributed by atoms with Crippen LogP contribution in [0.15, 0.2) is 49.1 Å². The van der Waals surface area contributed by atoms with Crippen LogP contribution in [0.5, 0.6) is 11.6 Å². The molecule has 11 nitrogen and oxygen atoms in total. The summed E-state index contributed by atoms with van der Waals surface area (Å²) < 4.78 is 27.0. The van der Waals surface area contributed by atoms with Crippen molar-refractivity contribution in [1.29, 1.82) is 5.26 Å². The molecule has 220 valence electrons. The van der Waals surface area contributed by atoms with Crippen molar-refractivity contribution in [3.8, 4) is 28.8 Å². The minimum absolute atomic E-state index is 0.342. The smallest absolute Gasteiger partial charge is 0.217 e. The summed E-state index contributed by atoms with van der Waals surface area (Å²) >= 11 is 0. The lowest BCUT2D eigenvalue weighted by Crippen LogP contribution is -2.68. The highest BCUT2D eigenvalue weighted by molar-refractivity contribution is 5.85. The van der Waals surface area contributed by atoms with E-state index in [2.05, 4.69) is 30.9 Å². The Morgan fingerprint density at radius 1 is 1.14 bits per heavy atom. The highest BCUT2D eigenvalue weighted by Crippen LogP contribution is 2.49. The van der Waals surface area contributed by atoms with Gasteiger partial charge in [-0.05, 0) is 37.1 Å². The summed E-state index contributed by atoms with van der Waals surface area (Å²) in [5, 5.41) is 24.5. The number of methoxy groups -OCH3 is 1. The van der Waals surface area contributed by atoms with Crippen LogP contribution in [0.3, 0.4) is 0 Å². The second-order valence-corrected chi connectivity index (χ2v) is 12.2. The molecular weight excluding hydrogens is 551 g/mol. The van der Waals surface area contributed by atoms with Gasteiger partial charge in [-0.25, -0.2) is 18.9 Å². The number of halogens is 1. The summed E-state index contributed by atoms with van der Waals surface area (Å²) in [7, 11) is 1.56. The number of ether oxygens (including phenoxy) is 2. The molecule has 0 amide bonds. The summed E-state index contributed by atoms with van der Waals surface area (Å²) in [4.78, 5) is 15.7. The molecule has 43 heavy (non-hydrogen) atoms. The second-order valence-electron chi connectivity index (χ2n) is 12.2. The average Bonchev–Trinajstić information content (AvgIpc) is 3.32. The number of hydrogen-bond acceptors (Lipinski definition) is 10. The highest BCUT2D eigenvalue weighted by atomic mass is 19.1. The van der Waals surface area contributed by atoms with Crippen LogP contribution in [0.4, 0.5) is 10.2 Å². The van der Waals surface area contributed by atoms with Crippen molar-refractivity contribution in [3.63, 3.8) is 0 Å². The van der Waals surface area contributed by atoms with Crippen molar-refractivity contribution in [1.82, 2.24) is 29.4 Å². The van der Waals surface area contributed by atoms with Gasteiger partial charge < -0.3 is 19.5 Å². The summed E-state index contributed by atoms with van der Waals surface area (Å²) in [5.74, 6) is 1.99. The van der Waals surface area contributed by atoms with E-state index in [1.807, 2.05) is 24.4 Å². The molecule has 12 heteroatoms. The van der Waals surface area contributed by atoms with Gasteiger partial charge in [0.15, 0.2) is 0 Å². The first kappa shape index (κ1) is 26.3. The third kappa shape index (κ3) is 4.55. The van der Waals surface area contributed by atoms with Gasteiger partial charge in [-0.2, -0.15) is 10.4 Å². The average molecular weight is 583 g/mol. The molecule has 4 aromatic rings. The summed E-state index contributed by atoms with van der Waals surface area (Å²) in [6.07, 6.45) is 8.35. The number of nitrogens with zero attached hydrogens (tertiary/aromatic N) is 8. The van der Waals surface area contributed by atoms with E-state index in [0.29, 0.717) is 60.5 Å². The van der Waals surface area contributed by atoms with Gasteiger partial charge in [-0.3, -0.25) is 9.80 Å². The minimum atomic E-state index is -0.533. The molecule has 8 heterocycles. The van der Waals surface area contributed by atoms with E-state index in [9.17, 15) is 14.8 Å². The van der Waals surface area contributed by atoms with Gasteiger partial charge in [0, 0.05) is 73.6 Å². The van der Waals surface area contributed by atoms with Crippen LogP contribution in [-0.2, 0) is 6.54 Å². The van der Waals surface area contributed by atoms with Gasteiger partial charge >= 0.3 is 0 Å². The monoisotopic (exact) mass is 582 g/mol. The lowest BCUT2D eigenvalue weighted by Gasteiger charge is -2.56. The first-order valence-electron chi connectivity index (χ1n) is 14.6. The molecule has 4 unspecified atom stereocenters. The Labute approximate surface area is 247 Å². The Hall–Kier alpha value is -4.31. The third-order valence-corrected chi connectivity index (χ3v) is 9.46. The van der Waals surface area contributed by atoms with Gasteiger partial charge in [0.05, 0.1) is 42.4 Å². The summed E-state index contributed by atoms with van der Waals surface area (Å²) in [5.41, 5.74) is 3.10. The predicted octanol–water partition coefficient (Wildman–Crippen LogP) is 2.68. The fraction of sp³-hybridized carbons (Fsp3) is 0.419. The Morgan fingerprint density at radius 3 is 2.72 bits per heavy atom. The standard InChI is InChI=1S/C31H31FN8O3/c1-42-30-20(4-23(32)11-35-30)12-39-24-5-25(39)15-38(14-24)28-3-2-19(9-34-28)27-6-26(16-40-29(27)21(8-33)10-36-40)43-18-37-13-22-7-31(22,41)17-37/h2-4,6,9-11,16,22,24-25,41H,5,7,12-15,17-18H2,1H3.